The summed E-state index contributed by atoms with van der Waals surface area (Å²) in [6.07, 6.45) is 6.49. The molecule has 5 aromatic rings. The molecule has 3 heteroatoms. The molecule has 0 amide bonds. The van der Waals surface area contributed by atoms with Crippen LogP contribution in [0, 0.1) is 0 Å². The largest absolute Gasteiger partial charge is 1.00 e. The summed E-state index contributed by atoms with van der Waals surface area (Å²) in [6, 6.07) is 40.4. The number of halogens is 1. The van der Waals surface area contributed by atoms with Gasteiger partial charge in [0.25, 0.3) is 0 Å². The summed E-state index contributed by atoms with van der Waals surface area (Å²) in [5.41, 5.74) is 7.05. The Morgan fingerprint density at radius 2 is 1.12 bits per heavy atom. The number of hydrogen-bond acceptors (Lipinski definition) is 1. The Hall–Kier alpha value is -3.44. The number of hydrogen-bond donors (Lipinski definition) is 0. The lowest BCUT2D eigenvalue weighted by Crippen LogP contribution is -3.00. The van der Waals surface area contributed by atoms with Crippen LogP contribution in [0.1, 0.15) is 11.1 Å². The maximum atomic E-state index is 2.28. The highest BCUT2D eigenvalue weighted by Crippen LogP contribution is 2.34. The van der Waals surface area contributed by atoms with Crippen LogP contribution in [-0.2, 0) is 7.05 Å². The molecule has 2 nitrogen and oxygen atoms in total. The molecule has 0 radical (unpaired) electrons. The van der Waals surface area contributed by atoms with E-state index in [1.807, 2.05) is 12.1 Å². The average molecular weight is 540 g/mol. The van der Waals surface area contributed by atoms with Crippen molar-refractivity contribution < 1.29 is 28.5 Å². The summed E-state index contributed by atoms with van der Waals surface area (Å²) >= 11 is 0. The summed E-state index contributed by atoms with van der Waals surface area (Å²) in [5, 5.41) is 1.25. The molecule has 1 heterocycles. The highest BCUT2D eigenvalue weighted by atomic mass is 127. The van der Waals surface area contributed by atoms with Gasteiger partial charge in [0, 0.05) is 29.2 Å². The first kappa shape index (κ1) is 22.7. The van der Waals surface area contributed by atoms with Crippen LogP contribution in [0.5, 0.6) is 0 Å². The van der Waals surface area contributed by atoms with Crippen LogP contribution < -0.4 is 33.4 Å². The molecule has 0 N–H and O–H groups in total. The van der Waals surface area contributed by atoms with E-state index < -0.39 is 0 Å². The minimum Gasteiger partial charge on any atom is -1.00 e. The van der Waals surface area contributed by atoms with Crippen molar-refractivity contribution in [3.05, 3.63) is 133 Å². The number of rotatable bonds is 5. The molecule has 5 rings (SSSR count). The Morgan fingerprint density at radius 3 is 1.76 bits per heavy atom. The van der Waals surface area contributed by atoms with Crippen molar-refractivity contribution in [2.75, 3.05) is 4.90 Å². The third-order valence-corrected chi connectivity index (χ3v) is 5.71. The molecule has 4 aromatic carbocycles. The highest BCUT2D eigenvalue weighted by molar-refractivity contribution is 5.89. The van der Waals surface area contributed by atoms with Crippen LogP contribution >= 0.6 is 0 Å². The van der Waals surface area contributed by atoms with E-state index in [0.29, 0.717) is 0 Å². The number of benzene rings is 4. The summed E-state index contributed by atoms with van der Waals surface area (Å²) < 4.78 is 2.16. The third kappa shape index (κ3) is 4.99. The van der Waals surface area contributed by atoms with Crippen LogP contribution in [0.3, 0.4) is 0 Å². The highest BCUT2D eigenvalue weighted by Gasteiger charge is 2.11. The van der Waals surface area contributed by atoms with Gasteiger partial charge < -0.3 is 28.9 Å². The van der Waals surface area contributed by atoms with Gasteiger partial charge in [0.1, 0.15) is 7.05 Å². The standard InChI is InChI=1S/C30H25N2.HI/c1-31-23-22-25(29-14-8-9-15-30(29)31)19-16-24-17-20-28(21-18-24)32(26-10-4-2-5-11-26)27-12-6-3-7-13-27;/h2-23H,1H3;1H/q+1;/p-1. The quantitative estimate of drug-likeness (QED) is 0.238. The molecular formula is C30H25IN2. The lowest BCUT2D eigenvalue weighted by Gasteiger charge is -2.25. The third-order valence-electron chi connectivity index (χ3n) is 5.71. The van der Waals surface area contributed by atoms with Crippen LogP contribution in [0.15, 0.2) is 121 Å². The van der Waals surface area contributed by atoms with E-state index in [9.17, 15) is 0 Å². The topological polar surface area (TPSA) is 7.12 Å². The van der Waals surface area contributed by atoms with Gasteiger partial charge in [-0.25, -0.2) is 4.57 Å². The molecule has 33 heavy (non-hydrogen) atoms. The first-order valence-electron chi connectivity index (χ1n) is 10.9. The van der Waals surface area contributed by atoms with Crippen LogP contribution in [0.25, 0.3) is 23.1 Å². The smallest absolute Gasteiger partial charge is 0.212 e. The molecule has 0 saturated heterocycles. The van der Waals surface area contributed by atoms with E-state index in [1.165, 1.54) is 22.0 Å². The predicted molar refractivity (Wildman–Crippen MR) is 135 cm³/mol. The van der Waals surface area contributed by atoms with Gasteiger partial charge in [-0.1, -0.05) is 72.8 Å². The Kier molecular flexibility index (Phi) is 7.20. The van der Waals surface area contributed by atoms with Crippen molar-refractivity contribution in [3.8, 4) is 0 Å². The maximum absolute atomic E-state index is 2.28. The Balaban J connectivity index is 0.00000259. The van der Waals surface area contributed by atoms with Gasteiger partial charge in [-0.15, -0.1) is 0 Å². The molecule has 0 aliphatic rings. The number of aromatic nitrogens is 1. The lowest BCUT2D eigenvalue weighted by molar-refractivity contribution is -0.644. The zero-order valence-electron chi connectivity index (χ0n) is 18.5. The minimum absolute atomic E-state index is 0. The van der Waals surface area contributed by atoms with Gasteiger partial charge in [0.15, 0.2) is 6.20 Å². The Morgan fingerprint density at radius 1 is 0.576 bits per heavy atom. The molecule has 0 aliphatic carbocycles. The zero-order valence-corrected chi connectivity index (χ0v) is 20.6. The molecule has 0 unspecified atom stereocenters. The van der Waals surface area contributed by atoms with Crippen molar-refractivity contribution >= 4 is 40.1 Å². The van der Waals surface area contributed by atoms with Crippen LogP contribution in [0.4, 0.5) is 17.1 Å². The van der Waals surface area contributed by atoms with E-state index in [1.54, 1.807) is 0 Å². The van der Waals surface area contributed by atoms with E-state index in [0.717, 1.165) is 17.1 Å². The molecular weight excluding hydrogens is 515 g/mol. The SMILES string of the molecule is C[n+]1ccc(/C=C/c2ccc(N(c3ccccc3)c3ccccc3)cc2)c2ccccc21.[I-]. The number of pyridine rings is 1. The van der Waals surface area contributed by atoms with Gasteiger partial charge in [0.2, 0.25) is 5.52 Å². The average Bonchev–Trinajstić information content (AvgIpc) is 2.86. The normalized spacial score (nSPS) is 10.8. The number of aryl methyl sites for hydroxylation is 1. The number of nitrogens with zero attached hydrogens (tertiary/aromatic N) is 2. The van der Waals surface area contributed by atoms with Gasteiger partial charge in [-0.3, -0.25) is 0 Å². The van der Waals surface area contributed by atoms with E-state index in [4.69, 9.17) is 0 Å². The first-order chi connectivity index (χ1) is 15.8. The number of anilines is 3. The minimum atomic E-state index is 0. The molecule has 1 aromatic heterocycles. The monoisotopic (exact) mass is 540 g/mol. The van der Waals surface area contributed by atoms with E-state index >= 15 is 0 Å². The maximum Gasteiger partial charge on any atom is 0.212 e. The fourth-order valence-electron chi connectivity index (χ4n) is 4.05. The van der Waals surface area contributed by atoms with Crippen molar-refractivity contribution in [1.29, 1.82) is 0 Å². The molecule has 0 spiro atoms. The number of para-hydroxylation sites is 3. The van der Waals surface area contributed by atoms with Crippen molar-refractivity contribution in [2.45, 2.75) is 0 Å². The van der Waals surface area contributed by atoms with E-state index in [2.05, 4.69) is 138 Å². The van der Waals surface area contributed by atoms with Gasteiger partial charge in [-0.2, -0.15) is 0 Å². The van der Waals surface area contributed by atoms with Crippen molar-refractivity contribution in [1.82, 2.24) is 0 Å². The first-order valence-corrected chi connectivity index (χ1v) is 10.9. The lowest BCUT2D eigenvalue weighted by atomic mass is 10.1. The number of fused-ring (bicyclic) bond motifs is 1. The molecule has 0 atom stereocenters. The fraction of sp³-hybridized carbons (Fsp3) is 0.0333. The van der Waals surface area contributed by atoms with Gasteiger partial charge in [0.05, 0.1) is 5.39 Å². The predicted octanol–water partition coefficient (Wildman–Crippen LogP) is 4.31. The van der Waals surface area contributed by atoms with Crippen molar-refractivity contribution in [3.63, 3.8) is 0 Å². The summed E-state index contributed by atoms with van der Waals surface area (Å²) in [7, 11) is 2.08. The van der Waals surface area contributed by atoms with Crippen molar-refractivity contribution in [2.24, 2.45) is 7.05 Å². The molecule has 0 fully saturated rings. The molecule has 0 saturated carbocycles. The van der Waals surface area contributed by atoms with Crippen LogP contribution in [-0.4, -0.2) is 0 Å². The molecule has 0 aliphatic heterocycles. The fourth-order valence-corrected chi connectivity index (χ4v) is 4.05. The second-order valence-corrected chi connectivity index (χ2v) is 7.83. The summed E-state index contributed by atoms with van der Waals surface area (Å²) in [6.45, 7) is 0. The Bertz CT molecular complexity index is 1320. The summed E-state index contributed by atoms with van der Waals surface area (Å²) in [4.78, 5) is 2.28. The van der Waals surface area contributed by atoms with Crippen LogP contribution in [0.2, 0.25) is 0 Å². The van der Waals surface area contributed by atoms with Gasteiger partial charge >= 0.3 is 0 Å². The van der Waals surface area contributed by atoms with Gasteiger partial charge in [-0.05, 0) is 53.6 Å². The summed E-state index contributed by atoms with van der Waals surface area (Å²) in [5.74, 6) is 0. The molecule has 162 valence electrons. The zero-order chi connectivity index (χ0) is 21.8. The Labute approximate surface area is 212 Å². The molecule has 0 bridgehead atoms. The van der Waals surface area contributed by atoms with E-state index in [-0.39, 0.29) is 24.0 Å². The second kappa shape index (κ2) is 10.5. The second-order valence-electron chi connectivity index (χ2n) is 7.83.